The number of fused-ring (bicyclic) bond motifs is 1. The lowest BCUT2D eigenvalue weighted by molar-refractivity contribution is 0.102. The molecule has 0 bridgehead atoms. The zero-order valence-corrected chi connectivity index (χ0v) is 20.5. The Morgan fingerprint density at radius 3 is 2.38 bits per heavy atom. The number of anilines is 1. The van der Waals surface area contributed by atoms with E-state index in [1.54, 1.807) is 29.7 Å². The van der Waals surface area contributed by atoms with Crippen molar-refractivity contribution < 1.29 is 19.0 Å². The van der Waals surface area contributed by atoms with Gasteiger partial charge in [0.05, 0.1) is 31.5 Å². The van der Waals surface area contributed by atoms with Gasteiger partial charge in [-0.25, -0.2) is 4.98 Å². The Labute approximate surface area is 202 Å². The summed E-state index contributed by atoms with van der Waals surface area (Å²) in [5.41, 5.74) is 3.95. The van der Waals surface area contributed by atoms with Crippen LogP contribution in [-0.4, -0.2) is 56.2 Å². The van der Waals surface area contributed by atoms with E-state index in [2.05, 4.69) is 21.3 Å². The third-order valence-electron chi connectivity index (χ3n) is 5.11. The van der Waals surface area contributed by atoms with Gasteiger partial charge in [-0.2, -0.15) is 0 Å². The van der Waals surface area contributed by atoms with Gasteiger partial charge in [-0.1, -0.05) is 0 Å². The molecule has 8 nitrogen and oxygen atoms in total. The van der Waals surface area contributed by atoms with Crippen LogP contribution in [0.4, 0.5) is 5.69 Å². The molecule has 0 unspecified atom stereocenters. The van der Waals surface area contributed by atoms with E-state index in [0.717, 1.165) is 26.4 Å². The molecule has 0 aliphatic carbocycles. The number of methoxy groups -OCH3 is 3. The molecule has 0 fully saturated rings. The first-order valence-corrected chi connectivity index (χ1v) is 11.3. The number of hydrogen-bond donors (Lipinski definition) is 1. The zero-order chi connectivity index (χ0) is 24.2. The minimum Gasteiger partial charge on any atom is -0.493 e. The van der Waals surface area contributed by atoms with Gasteiger partial charge in [-0.3, -0.25) is 9.78 Å². The number of hydrogen-bond acceptors (Lipinski definition) is 8. The highest BCUT2D eigenvalue weighted by Crippen LogP contribution is 2.38. The standard InChI is InChI=1S/C25H26N4O4S/c1-29(2)14-15-8-17(25-28-19-6-7-26-13-22(19)34-25)10-18(9-15)27-24(30)16-11-20(31-3)23(33-5)21(12-16)32-4/h6-13H,14H2,1-5H3,(H,27,30). The van der Waals surface area contributed by atoms with Crippen molar-refractivity contribution in [3.63, 3.8) is 0 Å². The third kappa shape index (κ3) is 4.95. The van der Waals surface area contributed by atoms with Crippen molar-refractivity contribution >= 4 is 33.1 Å². The normalized spacial score (nSPS) is 11.0. The number of aromatic nitrogens is 2. The molecule has 0 saturated carbocycles. The summed E-state index contributed by atoms with van der Waals surface area (Å²) in [6.45, 7) is 0.716. The van der Waals surface area contributed by atoms with E-state index in [0.29, 0.717) is 35.0 Å². The number of ether oxygens (including phenoxy) is 3. The molecule has 0 atom stereocenters. The van der Waals surface area contributed by atoms with Gasteiger partial charge in [0.1, 0.15) is 5.01 Å². The zero-order valence-electron chi connectivity index (χ0n) is 19.7. The van der Waals surface area contributed by atoms with Gasteiger partial charge >= 0.3 is 0 Å². The quantitative estimate of drug-likeness (QED) is 0.393. The Balaban J connectivity index is 1.71. The summed E-state index contributed by atoms with van der Waals surface area (Å²) in [6, 6.07) is 11.1. The van der Waals surface area contributed by atoms with Gasteiger partial charge in [0.25, 0.3) is 5.91 Å². The number of carbonyl (C=O) groups is 1. The number of amides is 1. The lowest BCUT2D eigenvalue weighted by Crippen LogP contribution is -2.14. The van der Waals surface area contributed by atoms with E-state index in [-0.39, 0.29) is 5.91 Å². The Bertz CT molecular complexity index is 1280. The number of thiazole rings is 1. The van der Waals surface area contributed by atoms with E-state index in [4.69, 9.17) is 19.2 Å². The summed E-state index contributed by atoms with van der Waals surface area (Å²) in [4.78, 5) is 24.2. The lowest BCUT2D eigenvalue weighted by atomic mass is 10.1. The molecule has 9 heteroatoms. The van der Waals surface area contributed by atoms with Crippen LogP contribution < -0.4 is 19.5 Å². The first kappa shape index (κ1) is 23.5. The van der Waals surface area contributed by atoms with Crippen molar-refractivity contribution in [3.8, 4) is 27.8 Å². The highest BCUT2D eigenvalue weighted by molar-refractivity contribution is 7.21. The Kier molecular flexibility index (Phi) is 6.95. The highest BCUT2D eigenvalue weighted by Gasteiger charge is 2.18. The molecule has 2 heterocycles. The van der Waals surface area contributed by atoms with Gasteiger partial charge in [-0.05, 0) is 56.1 Å². The largest absolute Gasteiger partial charge is 0.493 e. The maximum atomic E-state index is 13.2. The molecule has 1 amide bonds. The monoisotopic (exact) mass is 478 g/mol. The molecule has 2 aromatic heterocycles. The number of pyridine rings is 1. The van der Waals surface area contributed by atoms with Crippen LogP contribution in [0.5, 0.6) is 17.2 Å². The fourth-order valence-corrected chi connectivity index (χ4v) is 4.58. The van der Waals surface area contributed by atoms with E-state index in [1.807, 2.05) is 38.5 Å². The minimum atomic E-state index is -0.291. The molecule has 34 heavy (non-hydrogen) atoms. The van der Waals surface area contributed by atoms with Crippen LogP contribution in [-0.2, 0) is 6.54 Å². The topological polar surface area (TPSA) is 85.8 Å². The van der Waals surface area contributed by atoms with Crippen molar-refractivity contribution in [2.45, 2.75) is 6.54 Å². The van der Waals surface area contributed by atoms with E-state index < -0.39 is 0 Å². The molecule has 4 aromatic rings. The van der Waals surface area contributed by atoms with E-state index in [9.17, 15) is 4.79 Å². The first-order chi connectivity index (χ1) is 16.4. The predicted molar refractivity (Wildman–Crippen MR) is 134 cm³/mol. The Morgan fingerprint density at radius 2 is 1.76 bits per heavy atom. The van der Waals surface area contributed by atoms with Crippen molar-refractivity contribution in [3.05, 3.63) is 59.9 Å². The van der Waals surface area contributed by atoms with Crippen LogP contribution in [0.3, 0.4) is 0 Å². The average Bonchev–Trinajstić information content (AvgIpc) is 3.27. The summed E-state index contributed by atoms with van der Waals surface area (Å²) < 4.78 is 17.1. The molecule has 176 valence electrons. The highest BCUT2D eigenvalue weighted by atomic mass is 32.1. The fraction of sp³-hybridized carbons (Fsp3) is 0.240. The van der Waals surface area contributed by atoms with Crippen LogP contribution in [0, 0.1) is 0 Å². The Morgan fingerprint density at radius 1 is 1.03 bits per heavy atom. The van der Waals surface area contributed by atoms with Crippen molar-refractivity contribution in [2.75, 3.05) is 40.7 Å². The molecule has 2 aromatic carbocycles. The van der Waals surface area contributed by atoms with E-state index >= 15 is 0 Å². The molecule has 0 aliphatic rings. The van der Waals surface area contributed by atoms with E-state index in [1.165, 1.54) is 21.3 Å². The summed E-state index contributed by atoms with van der Waals surface area (Å²) >= 11 is 1.57. The van der Waals surface area contributed by atoms with Gasteiger partial charge in [0, 0.05) is 35.8 Å². The average molecular weight is 479 g/mol. The predicted octanol–water partition coefficient (Wildman–Crippen LogP) is 4.70. The third-order valence-corrected chi connectivity index (χ3v) is 6.17. The Hall–Kier alpha value is -3.69. The molecule has 0 saturated heterocycles. The summed E-state index contributed by atoms with van der Waals surface area (Å²) in [6.07, 6.45) is 3.55. The molecular weight excluding hydrogens is 452 g/mol. The van der Waals surface area contributed by atoms with Gasteiger partial charge < -0.3 is 24.4 Å². The van der Waals surface area contributed by atoms with Gasteiger partial charge in [-0.15, -0.1) is 11.3 Å². The van der Waals surface area contributed by atoms with Gasteiger partial charge in [0.2, 0.25) is 5.75 Å². The number of rotatable bonds is 8. The maximum absolute atomic E-state index is 13.2. The summed E-state index contributed by atoms with van der Waals surface area (Å²) in [7, 11) is 8.57. The second-order valence-electron chi connectivity index (χ2n) is 7.89. The molecule has 0 spiro atoms. The molecular formula is C25H26N4O4S. The van der Waals surface area contributed by atoms with Crippen LogP contribution in [0.2, 0.25) is 0 Å². The maximum Gasteiger partial charge on any atom is 0.255 e. The molecule has 0 aliphatic heterocycles. The van der Waals surface area contributed by atoms with Crippen LogP contribution in [0.1, 0.15) is 15.9 Å². The lowest BCUT2D eigenvalue weighted by Gasteiger charge is -2.15. The van der Waals surface area contributed by atoms with Crippen LogP contribution in [0.15, 0.2) is 48.8 Å². The van der Waals surface area contributed by atoms with Crippen molar-refractivity contribution in [1.29, 1.82) is 0 Å². The first-order valence-electron chi connectivity index (χ1n) is 10.5. The van der Waals surface area contributed by atoms with Crippen molar-refractivity contribution in [2.24, 2.45) is 0 Å². The minimum absolute atomic E-state index is 0.291. The number of carbonyl (C=O) groups excluding carboxylic acids is 1. The van der Waals surface area contributed by atoms with Crippen LogP contribution in [0.25, 0.3) is 20.8 Å². The number of nitrogens with zero attached hydrogens (tertiary/aromatic N) is 3. The molecule has 1 N–H and O–H groups in total. The summed E-state index contributed by atoms with van der Waals surface area (Å²) in [5.74, 6) is 0.970. The second kappa shape index (κ2) is 10.1. The second-order valence-corrected chi connectivity index (χ2v) is 8.92. The van der Waals surface area contributed by atoms with Crippen LogP contribution >= 0.6 is 11.3 Å². The molecule has 4 rings (SSSR count). The van der Waals surface area contributed by atoms with Gasteiger partial charge in [0.15, 0.2) is 11.5 Å². The summed E-state index contributed by atoms with van der Waals surface area (Å²) in [5, 5.41) is 3.88. The number of nitrogens with one attached hydrogen (secondary N) is 1. The molecule has 0 radical (unpaired) electrons. The smallest absolute Gasteiger partial charge is 0.255 e. The number of benzene rings is 2. The SMILES string of the molecule is COc1cc(C(=O)Nc2cc(CN(C)C)cc(-c3nc4ccncc4s3)c2)cc(OC)c1OC. The fourth-order valence-electron chi connectivity index (χ4n) is 3.66. The van der Waals surface area contributed by atoms with Crippen molar-refractivity contribution in [1.82, 2.24) is 14.9 Å².